The third-order valence-corrected chi connectivity index (χ3v) is 3.46. The highest BCUT2D eigenvalue weighted by Crippen LogP contribution is 2.19. The van der Waals surface area contributed by atoms with Crippen LogP contribution in [-0.4, -0.2) is 30.3 Å². The minimum Gasteiger partial charge on any atom is -0.477 e. The SMILES string of the molecule is CC(C)(C)NCc1cccnc1OCC1CCOCC1. The molecule has 1 fully saturated rings. The monoisotopic (exact) mass is 278 g/mol. The smallest absolute Gasteiger partial charge is 0.217 e. The van der Waals surface area contributed by atoms with Crippen LogP contribution in [0.3, 0.4) is 0 Å². The lowest BCUT2D eigenvalue weighted by atomic mass is 10.0. The Labute approximate surface area is 121 Å². The van der Waals surface area contributed by atoms with E-state index in [1.165, 1.54) is 0 Å². The first-order chi connectivity index (χ1) is 9.54. The molecule has 4 heteroatoms. The summed E-state index contributed by atoms with van der Waals surface area (Å²) >= 11 is 0. The maximum atomic E-state index is 5.94. The molecule has 1 aromatic heterocycles. The predicted molar refractivity (Wildman–Crippen MR) is 79.9 cm³/mol. The van der Waals surface area contributed by atoms with Gasteiger partial charge in [-0.15, -0.1) is 0 Å². The van der Waals surface area contributed by atoms with E-state index in [1.54, 1.807) is 6.20 Å². The summed E-state index contributed by atoms with van der Waals surface area (Å²) < 4.78 is 11.3. The Kier molecular flexibility index (Phi) is 5.38. The lowest BCUT2D eigenvalue weighted by Gasteiger charge is -2.23. The molecule has 1 saturated heterocycles. The van der Waals surface area contributed by atoms with Crippen LogP contribution in [0.25, 0.3) is 0 Å². The Balaban J connectivity index is 1.89. The van der Waals surface area contributed by atoms with Gasteiger partial charge in [0.05, 0.1) is 6.61 Å². The van der Waals surface area contributed by atoms with Crippen molar-refractivity contribution in [3.8, 4) is 5.88 Å². The van der Waals surface area contributed by atoms with E-state index in [9.17, 15) is 0 Å². The number of rotatable bonds is 5. The molecule has 20 heavy (non-hydrogen) atoms. The van der Waals surface area contributed by atoms with Crippen molar-refractivity contribution in [1.82, 2.24) is 10.3 Å². The molecule has 0 spiro atoms. The molecule has 4 nitrogen and oxygen atoms in total. The van der Waals surface area contributed by atoms with E-state index in [-0.39, 0.29) is 5.54 Å². The maximum Gasteiger partial charge on any atom is 0.217 e. The molecule has 1 aliphatic heterocycles. The Morgan fingerprint density at radius 1 is 1.35 bits per heavy atom. The van der Waals surface area contributed by atoms with Gasteiger partial charge in [0.2, 0.25) is 5.88 Å². The van der Waals surface area contributed by atoms with Crippen LogP contribution in [0.2, 0.25) is 0 Å². The average molecular weight is 278 g/mol. The predicted octanol–water partition coefficient (Wildman–Crippen LogP) is 2.78. The highest BCUT2D eigenvalue weighted by Gasteiger charge is 2.16. The highest BCUT2D eigenvalue weighted by atomic mass is 16.5. The molecule has 0 atom stereocenters. The largest absolute Gasteiger partial charge is 0.477 e. The van der Waals surface area contributed by atoms with Gasteiger partial charge in [0.25, 0.3) is 0 Å². The summed E-state index contributed by atoms with van der Waals surface area (Å²) in [6.07, 6.45) is 3.96. The summed E-state index contributed by atoms with van der Waals surface area (Å²) in [6, 6.07) is 4.03. The molecule has 0 radical (unpaired) electrons. The highest BCUT2D eigenvalue weighted by molar-refractivity contribution is 5.25. The van der Waals surface area contributed by atoms with E-state index in [0.29, 0.717) is 5.92 Å². The molecule has 0 saturated carbocycles. The van der Waals surface area contributed by atoms with Gasteiger partial charge < -0.3 is 14.8 Å². The van der Waals surface area contributed by atoms with Gasteiger partial charge in [-0.05, 0) is 45.6 Å². The standard InChI is InChI=1S/C16H26N2O2/c1-16(2,3)18-11-14-5-4-8-17-15(14)20-12-13-6-9-19-10-7-13/h4-5,8,13,18H,6-7,9-12H2,1-3H3. The molecule has 0 bridgehead atoms. The summed E-state index contributed by atoms with van der Waals surface area (Å²) in [5.74, 6) is 1.35. The first kappa shape index (κ1) is 15.3. The zero-order chi connectivity index (χ0) is 14.4. The summed E-state index contributed by atoms with van der Waals surface area (Å²) in [5, 5.41) is 3.48. The van der Waals surface area contributed by atoms with Crippen molar-refractivity contribution in [2.24, 2.45) is 5.92 Å². The number of hydrogen-bond donors (Lipinski definition) is 1. The van der Waals surface area contributed by atoms with Crippen LogP contribution < -0.4 is 10.1 Å². The van der Waals surface area contributed by atoms with Crippen LogP contribution in [0.15, 0.2) is 18.3 Å². The molecule has 1 aliphatic rings. The van der Waals surface area contributed by atoms with Gasteiger partial charge in [0, 0.05) is 37.1 Å². The van der Waals surface area contributed by atoms with Crippen molar-refractivity contribution >= 4 is 0 Å². The molecule has 0 aliphatic carbocycles. The van der Waals surface area contributed by atoms with E-state index in [4.69, 9.17) is 9.47 Å². The third kappa shape index (κ3) is 5.10. The van der Waals surface area contributed by atoms with Crippen LogP contribution in [-0.2, 0) is 11.3 Å². The van der Waals surface area contributed by atoms with E-state index >= 15 is 0 Å². The molecule has 2 rings (SSSR count). The second-order valence-electron chi connectivity index (χ2n) is 6.44. The van der Waals surface area contributed by atoms with Crippen LogP contribution in [0.5, 0.6) is 5.88 Å². The van der Waals surface area contributed by atoms with Crippen LogP contribution in [0, 0.1) is 5.92 Å². The molecule has 1 N–H and O–H groups in total. The number of pyridine rings is 1. The maximum absolute atomic E-state index is 5.94. The van der Waals surface area contributed by atoms with Gasteiger partial charge in [0.1, 0.15) is 0 Å². The molecule has 112 valence electrons. The van der Waals surface area contributed by atoms with Crippen molar-refractivity contribution in [3.63, 3.8) is 0 Å². The van der Waals surface area contributed by atoms with Gasteiger partial charge in [-0.1, -0.05) is 6.07 Å². The number of aromatic nitrogens is 1. The summed E-state index contributed by atoms with van der Waals surface area (Å²) in [4.78, 5) is 4.37. The van der Waals surface area contributed by atoms with Crippen molar-refractivity contribution in [2.45, 2.75) is 45.7 Å². The second kappa shape index (κ2) is 7.04. The van der Waals surface area contributed by atoms with Crippen LogP contribution in [0.4, 0.5) is 0 Å². The van der Waals surface area contributed by atoms with E-state index < -0.39 is 0 Å². The summed E-state index contributed by atoms with van der Waals surface area (Å²) in [7, 11) is 0. The molecular formula is C16H26N2O2. The van der Waals surface area contributed by atoms with Crippen LogP contribution >= 0.6 is 0 Å². The number of nitrogens with zero attached hydrogens (tertiary/aromatic N) is 1. The molecule has 0 amide bonds. The molecule has 0 unspecified atom stereocenters. The topological polar surface area (TPSA) is 43.4 Å². The zero-order valence-electron chi connectivity index (χ0n) is 12.8. The molecule has 1 aromatic rings. The number of hydrogen-bond acceptors (Lipinski definition) is 4. The van der Waals surface area contributed by atoms with Gasteiger partial charge in [-0.25, -0.2) is 4.98 Å². The second-order valence-corrected chi connectivity index (χ2v) is 6.44. The fourth-order valence-electron chi connectivity index (χ4n) is 2.16. The van der Waals surface area contributed by atoms with Crippen molar-refractivity contribution in [3.05, 3.63) is 23.9 Å². The van der Waals surface area contributed by atoms with E-state index in [0.717, 1.165) is 50.7 Å². The summed E-state index contributed by atoms with van der Waals surface area (Å²) in [6.45, 7) is 9.70. The normalized spacial score (nSPS) is 17.1. The Hall–Kier alpha value is -1.13. The lowest BCUT2D eigenvalue weighted by Crippen LogP contribution is -2.35. The van der Waals surface area contributed by atoms with Gasteiger partial charge in [-0.3, -0.25) is 0 Å². The fourth-order valence-corrected chi connectivity index (χ4v) is 2.16. The van der Waals surface area contributed by atoms with Crippen molar-refractivity contribution in [1.29, 1.82) is 0 Å². The fraction of sp³-hybridized carbons (Fsp3) is 0.688. The Bertz CT molecular complexity index is 409. The third-order valence-electron chi connectivity index (χ3n) is 3.46. The first-order valence-electron chi connectivity index (χ1n) is 7.44. The Morgan fingerprint density at radius 2 is 2.10 bits per heavy atom. The minimum atomic E-state index is 0.0911. The minimum absolute atomic E-state index is 0.0911. The van der Waals surface area contributed by atoms with Gasteiger partial charge in [-0.2, -0.15) is 0 Å². The van der Waals surface area contributed by atoms with Crippen molar-refractivity contribution < 1.29 is 9.47 Å². The van der Waals surface area contributed by atoms with E-state index in [2.05, 4.69) is 37.1 Å². The Morgan fingerprint density at radius 3 is 2.80 bits per heavy atom. The van der Waals surface area contributed by atoms with Crippen molar-refractivity contribution in [2.75, 3.05) is 19.8 Å². The molecular weight excluding hydrogens is 252 g/mol. The average Bonchev–Trinajstić information content (AvgIpc) is 2.44. The van der Waals surface area contributed by atoms with Gasteiger partial charge >= 0.3 is 0 Å². The zero-order valence-corrected chi connectivity index (χ0v) is 12.8. The van der Waals surface area contributed by atoms with Gasteiger partial charge in [0.15, 0.2) is 0 Å². The summed E-state index contributed by atoms with van der Waals surface area (Å²) in [5.41, 5.74) is 1.21. The molecule has 0 aromatic carbocycles. The van der Waals surface area contributed by atoms with E-state index in [1.807, 2.05) is 6.07 Å². The van der Waals surface area contributed by atoms with Crippen LogP contribution in [0.1, 0.15) is 39.2 Å². The molecule has 2 heterocycles. The lowest BCUT2D eigenvalue weighted by molar-refractivity contribution is 0.0488. The quantitative estimate of drug-likeness (QED) is 0.899. The number of ether oxygens (including phenoxy) is 2. The first-order valence-corrected chi connectivity index (χ1v) is 7.44. The number of nitrogens with one attached hydrogen (secondary N) is 1.